The van der Waals surface area contributed by atoms with Gasteiger partial charge >= 0.3 is 5.97 Å². The molecule has 1 aliphatic rings. The Hall–Kier alpha value is -2.62. The monoisotopic (exact) mass is 239 g/mol. The van der Waals surface area contributed by atoms with E-state index in [4.69, 9.17) is 0 Å². The van der Waals surface area contributed by atoms with Gasteiger partial charge in [-0.3, -0.25) is 9.36 Å². The smallest absolute Gasteiger partial charge is 0.353 e. The third-order valence-corrected chi connectivity index (χ3v) is 2.92. The molecule has 0 atom stereocenters. The number of carboxylic acid groups (broad SMARTS) is 1. The summed E-state index contributed by atoms with van der Waals surface area (Å²) in [5.74, 6) is -1.46. The summed E-state index contributed by atoms with van der Waals surface area (Å²) in [6.45, 7) is 0. The zero-order valence-electron chi connectivity index (χ0n) is 9.33. The maximum Gasteiger partial charge on any atom is 0.353 e. The van der Waals surface area contributed by atoms with Gasteiger partial charge in [-0.1, -0.05) is 36.4 Å². The van der Waals surface area contributed by atoms with Gasteiger partial charge in [0.1, 0.15) is 5.69 Å². The Morgan fingerprint density at radius 1 is 1.17 bits per heavy atom. The van der Waals surface area contributed by atoms with E-state index in [0.29, 0.717) is 5.52 Å². The van der Waals surface area contributed by atoms with Gasteiger partial charge in [-0.15, -0.1) is 0 Å². The van der Waals surface area contributed by atoms with E-state index in [1.165, 1.54) is 16.7 Å². The number of nitrogens with zero attached hydrogens (tertiary/aromatic N) is 1. The number of carbonyl (C=O) groups is 2. The molecule has 18 heavy (non-hydrogen) atoms. The van der Waals surface area contributed by atoms with Crippen molar-refractivity contribution >= 4 is 28.9 Å². The average Bonchev–Trinajstić information content (AvgIpc) is 2.72. The van der Waals surface area contributed by atoms with Crippen molar-refractivity contribution in [2.24, 2.45) is 0 Å². The van der Waals surface area contributed by atoms with Gasteiger partial charge in [0.05, 0.1) is 5.52 Å². The average molecular weight is 239 g/mol. The van der Waals surface area contributed by atoms with E-state index in [2.05, 4.69) is 0 Å². The maximum atomic E-state index is 12.0. The molecular formula is C14H9NO3. The van der Waals surface area contributed by atoms with E-state index in [9.17, 15) is 14.7 Å². The number of benzene rings is 1. The minimum Gasteiger partial charge on any atom is -0.477 e. The van der Waals surface area contributed by atoms with Crippen LogP contribution in [-0.2, 0) is 0 Å². The summed E-state index contributed by atoms with van der Waals surface area (Å²) >= 11 is 0. The number of hydrogen-bond acceptors (Lipinski definition) is 2. The van der Waals surface area contributed by atoms with Gasteiger partial charge < -0.3 is 5.11 Å². The van der Waals surface area contributed by atoms with Crippen LogP contribution in [0.2, 0.25) is 0 Å². The Bertz CT molecular complexity index is 735. The Labute approximate surface area is 102 Å². The lowest BCUT2D eigenvalue weighted by Gasteiger charge is -2.07. The number of para-hydroxylation sites is 1. The third kappa shape index (κ3) is 1.39. The van der Waals surface area contributed by atoms with Crippen molar-refractivity contribution < 1.29 is 14.7 Å². The van der Waals surface area contributed by atoms with Crippen molar-refractivity contribution in [1.82, 2.24) is 4.57 Å². The van der Waals surface area contributed by atoms with Crippen LogP contribution in [0, 0.1) is 0 Å². The van der Waals surface area contributed by atoms with E-state index in [-0.39, 0.29) is 11.6 Å². The fourth-order valence-corrected chi connectivity index (χ4v) is 2.18. The molecule has 0 amide bonds. The fraction of sp³-hybridized carbons (Fsp3) is 0. The first-order valence-electron chi connectivity index (χ1n) is 5.45. The highest BCUT2D eigenvalue weighted by Crippen LogP contribution is 2.25. The van der Waals surface area contributed by atoms with Gasteiger partial charge in [0.15, 0.2) is 0 Å². The molecule has 2 aromatic rings. The molecule has 0 aliphatic carbocycles. The molecule has 0 spiro atoms. The van der Waals surface area contributed by atoms with Crippen LogP contribution in [0.15, 0.2) is 42.5 Å². The molecule has 1 aliphatic heterocycles. The molecule has 0 unspecified atom stereocenters. The standard InChI is InChI=1S/C14H9NO3/c16-12-7-2-1-4-9-5-3-6-10-8-11(14(17)18)15(12)13(9)10/h1-8H,(H,17,18). The van der Waals surface area contributed by atoms with Crippen LogP contribution < -0.4 is 0 Å². The van der Waals surface area contributed by atoms with Gasteiger partial charge in [0.25, 0.3) is 5.91 Å². The van der Waals surface area contributed by atoms with Crippen molar-refractivity contribution in [1.29, 1.82) is 0 Å². The van der Waals surface area contributed by atoms with Crippen LogP contribution >= 0.6 is 0 Å². The number of rotatable bonds is 1. The SMILES string of the molecule is O=C(O)c1cc2cccc3c2n1C(=O)C=CC=C3. The Kier molecular flexibility index (Phi) is 2.16. The van der Waals surface area contributed by atoms with Crippen molar-refractivity contribution in [2.45, 2.75) is 0 Å². The van der Waals surface area contributed by atoms with Crippen LogP contribution in [0.5, 0.6) is 0 Å². The Morgan fingerprint density at radius 3 is 2.72 bits per heavy atom. The summed E-state index contributed by atoms with van der Waals surface area (Å²) in [6.07, 6.45) is 6.59. The van der Waals surface area contributed by atoms with Gasteiger partial charge in [0.2, 0.25) is 0 Å². The molecule has 4 heteroatoms. The fourth-order valence-electron chi connectivity index (χ4n) is 2.18. The lowest BCUT2D eigenvalue weighted by atomic mass is 10.1. The summed E-state index contributed by atoms with van der Waals surface area (Å²) in [5, 5.41) is 9.93. The number of carbonyl (C=O) groups excluding carboxylic acids is 1. The molecule has 2 heterocycles. The van der Waals surface area contributed by atoms with E-state index in [1.807, 2.05) is 18.2 Å². The van der Waals surface area contributed by atoms with Crippen molar-refractivity contribution in [3.05, 3.63) is 53.8 Å². The highest BCUT2D eigenvalue weighted by molar-refractivity contribution is 6.08. The van der Waals surface area contributed by atoms with Crippen LogP contribution in [0.3, 0.4) is 0 Å². The topological polar surface area (TPSA) is 59.3 Å². The maximum absolute atomic E-state index is 12.0. The minimum atomic E-state index is -1.11. The second-order valence-electron chi connectivity index (χ2n) is 4.01. The van der Waals surface area contributed by atoms with Gasteiger partial charge in [-0.2, -0.15) is 0 Å². The summed E-state index contributed by atoms with van der Waals surface area (Å²) in [6, 6.07) is 7.02. The van der Waals surface area contributed by atoms with E-state index >= 15 is 0 Å². The summed E-state index contributed by atoms with van der Waals surface area (Å²) in [7, 11) is 0. The van der Waals surface area contributed by atoms with Crippen LogP contribution in [0.4, 0.5) is 0 Å². The van der Waals surface area contributed by atoms with Gasteiger partial charge in [-0.05, 0) is 11.6 Å². The molecule has 4 nitrogen and oxygen atoms in total. The zero-order valence-corrected chi connectivity index (χ0v) is 9.33. The predicted octanol–water partition coefficient (Wildman–Crippen LogP) is 2.56. The molecule has 0 bridgehead atoms. The van der Waals surface area contributed by atoms with Crippen molar-refractivity contribution in [3.63, 3.8) is 0 Å². The highest BCUT2D eigenvalue weighted by Gasteiger charge is 2.20. The molecule has 1 aromatic carbocycles. The molecular weight excluding hydrogens is 230 g/mol. The highest BCUT2D eigenvalue weighted by atomic mass is 16.4. The second kappa shape index (κ2) is 3.70. The van der Waals surface area contributed by atoms with Crippen LogP contribution in [-0.4, -0.2) is 21.6 Å². The first-order valence-corrected chi connectivity index (χ1v) is 5.45. The first-order chi connectivity index (χ1) is 8.68. The third-order valence-electron chi connectivity index (χ3n) is 2.92. The molecule has 0 fully saturated rings. The number of allylic oxidation sites excluding steroid dienone is 3. The molecule has 3 rings (SSSR count). The van der Waals surface area contributed by atoms with E-state index in [1.54, 1.807) is 18.2 Å². The number of hydrogen-bond donors (Lipinski definition) is 1. The van der Waals surface area contributed by atoms with E-state index in [0.717, 1.165) is 10.9 Å². The number of aromatic carboxylic acids is 1. The number of carboxylic acids is 1. The largest absolute Gasteiger partial charge is 0.477 e. The molecule has 1 aromatic heterocycles. The van der Waals surface area contributed by atoms with Crippen LogP contribution in [0.25, 0.3) is 17.0 Å². The molecule has 1 N–H and O–H groups in total. The van der Waals surface area contributed by atoms with Crippen molar-refractivity contribution in [2.75, 3.05) is 0 Å². The molecule has 0 radical (unpaired) electrons. The lowest BCUT2D eigenvalue weighted by molar-refractivity contribution is 0.0678. The Balaban J connectivity index is 2.51. The molecule has 0 saturated heterocycles. The zero-order chi connectivity index (χ0) is 12.7. The van der Waals surface area contributed by atoms with Crippen molar-refractivity contribution in [3.8, 4) is 0 Å². The normalized spacial score (nSPS) is 13.7. The lowest BCUT2D eigenvalue weighted by Crippen LogP contribution is -2.15. The summed E-state index contributed by atoms with van der Waals surface area (Å²) < 4.78 is 1.24. The summed E-state index contributed by atoms with van der Waals surface area (Å²) in [4.78, 5) is 23.2. The second-order valence-corrected chi connectivity index (χ2v) is 4.01. The van der Waals surface area contributed by atoms with Gasteiger partial charge in [0, 0.05) is 11.5 Å². The van der Waals surface area contributed by atoms with E-state index < -0.39 is 5.97 Å². The molecule has 0 saturated carbocycles. The predicted molar refractivity (Wildman–Crippen MR) is 67.7 cm³/mol. The van der Waals surface area contributed by atoms with Gasteiger partial charge in [-0.25, -0.2) is 4.79 Å². The number of aromatic nitrogens is 1. The Morgan fingerprint density at radius 2 is 1.94 bits per heavy atom. The quantitative estimate of drug-likeness (QED) is 0.831. The van der Waals surface area contributed by atoms with Crippen LogP contribution in [0.1, 0.15) is 20.8 Å². The first kappa shape index (κ1) is 10.5. The molecule has 88 valence electrons. The summed E-state index contributed by atoms with van der Waals surface area (Å²) in [5.41, 5.74) is 1.46. The minimum absolute atomic E-state index is 0.0117.